The Morgan fingerprint density at radius 1 is 0.758 bits per heavy atom. The van der Waals surface area contributed by atoms with Crippen LogP contribution in [0.4, 0.5) is 4.39 Å². The van der Waals surface area contributed by atoms with Crippen molar-refractivity contribution in [1.29, 1.82) is 0 Å². The van der Waals surface area contributed by atoms with E-state index in [9.17, 15) is 14.0 Å². The molecule has 0 spiro atoms. The van der Waals surface area contributed by atoms with Crippen molar-refractivity contribution in [2.75, 3.05) is 0 Å². The third-order valence-corrected chi connectivity index (χ3v) is 6.31. The molecule has 0 unspecified atom stereocenters. The molecule has 1 fully saturated rings. The van der Waals surface area contributed by atoms with Crippen molar-refractivity contribution in [2.45, 2.75) is 39.0 Å². The highest BCUT2D eigenvalue weighted by atomic mass is 19.1. The Labute approximate surface area is 193 Å². The lowest BCUT2D eigenvalue weighted by Crippen LogP contribution is -2.25. The van der Waals surface area contributed by atoms with Gasteiger partial charge in [0, 0.05) is 0 Å². The third-order valence-electron chi connectivity index (χ3n) is 6.31. The molecule has 5 heteroatoms. The molecular formula is C28H27FO4. The maximum Gasteiger partial charge on any atom is 0.343 e. The van der Waals surface area contributed by atoms with Crippen molar-refractivity contribution in [1.82, 2.24) is 0 Å². The molecule has 33 heavy (non-hydrogen) atoms. The van der Waals surface area contributed by atoms with E-state index in [1.54, 1.807) is 24.3 Å². The highest BCUT2D eigenvalue weighted by Gasteiger charge is 2.27. The van der Waals surface area contributed by atoms with Crippen molar-refractivity contribution in [2.24, 2.45) is 11.8 Å². The molecular weight excluding hydrogens is 419 g/mol. The molecule has 0 radical (unpaired) electrons. The molecule has 0 N–H and O–H groups in total. The van der Waals surface area contributed by atoms with Crippen molar-refractivity contribution in [3.63, 3.8) is 0 Å². The predicted molar refractivity (Wildman–Crippen MR) is 125 cm³/mol. The largest absolute Gasteiger partial charge is 0.426 e. The number of carbonyl (C=O) groups excluding carboxylic acids is 2. The van der Waals surface area contributed by atoms with Crippen molar-refractivity contribution in [3.05, 3.63) is 84.2 Å². The van der Waals surface area contributed by atoms with Gasteiger partial charge in [-0.2, -0.15) is 0 Å². The Morgan fingerprint density at radius 2 is 1.27 bits per heavy atom. The van der Waals surface area contributed by atoms with Crippen molar-refractivity contribution >= 4 is 11.9 Å². The molecule has 4 rings (SSSR count). The maximum absolute atomic E-state index is 13.0. The van der Waals surface area contributed by atoms with Gasteiger partial charge in [-0.3, -0.25) is 4.79 Å². The average Bonchev–Trinajstić information content (AvgIpc) is 2.86. The minimum absolute atomic E-state index is 0.00492. The second-order valence-corrected chi connectivity index (χ2v) is 8.49. The van der Waals surface area contributed by atoms with E-state index >= 15 is 0 Å². The Morgan fingerprint density at radius 3 is 1.85 bits per heavy atom. The van der Waals surface area contributed by atoms with Gasteiger partial charge in [0.25, 0.3) is 0 Å². The Kier molecular flexibility index (Phi) is 7.18. The van der Waals surface area contributed by atoms with E-state index in [1.165, 1.54) is 30.7 Å². The second kappa shape index (κ2) is 10.4. The first-order valence-corrected chi connectivity index (χ1v) is 11.4. The van der Waals surface area contributed by atoms with Gasteiger partial charge in [0.1, 0.15) is 17.3 Å². The Bertz CT molecular complexity index is 1080. The lowest BCUT2D eigenvalue weighted by Gasteiger charge is -2.26. The van der Waals surface area contributed by atoms with E-state index in [4.69, 9.17) is 9.47 Å². The summed E-state index contributed by atoms with van der Waals surface area (Å²) in [5.74, 6) is 0.526. The molecule has 0 aromatic heterocycles. The normalized spacial score (nSPS) is 17.9. The van der Waals surface area contributed by atoms with Crippen LogP contribution in [-0.2, 0) is 4.79 Å². The first-order chi connectivity index (χ1) is 16.0. The SMILES string of the molecule is CCC1CCC(C(=O)Oc2ccc(-c3ccc(C(=O)Oc4ccc(F)cc4)cc3)cc2)CC1. The van der Waals surface area contributed by atoms with Crippen LogP contribution in [0, 0.1) is 17.7 Å². The molecule has 4 nitrogen and oxygen atoms in total. The van der Waals surface area contributed by atoms with Crippen molar-refractivity contribution in [3.8, 4) is 22.6 Å². The summed E-state index contributed by atoms with van der Waals surface area (Å²) in [5.41, 5.74) is 2.26. The average molecular weight is 447 g/mol. The summed E-state index contributed by atoms with van der Waals surface area (Å²) in [7, 11) is 0. The van der Waals surface area contributed by atoms with Gasteiger partial charge in [-0.05, 0) is 91.3 Å². The third kappa shape index (κ3) is 5.86. The van der Waals surface area contributed by atoms with E-state index < -0.39 is 5.97 Å². The zero-order chi connectivity index (χ0) is 23.2. The molecule has 0 atom stereocenters. The smallest absolute Gasteiger partial charge is 0.343 e. The van der Waals surface area contributed by atoms with Crippen LogP contribution in [0.5, 0.6) is 11.5 Å². The zero-order valence-corrected chi connectivity index (χ0v) is 18.6. The number of carbonyl (C=O) groups is 2. The lowest BCUT2D eigenvalue weighted by molar-refractivity contribution is -0.140. The van der Waals surface area contributed by atoms with Crippen LogP contribution >= 0.6 is 0 Å². The maximum atomic E-state index is 13.0. The summed E-state index contributed by atoms with van der Waals surface area (Å²) >= 11 is 0. The Balaban J connectivity index is 1.34. The summed E-state index contributed by atoms with van der Waals surface area (Å²) in [6, 6.07) is 19.7. The fourth-order valence-corrected chi connectivity index (χ4v) is 4.19. The molecule has 0 amide bonds. The number of esters is 2. The fraction of sp³-hybridized carbons (Fsp3) is 0.286. The Hall–Kier alpha value is -3.47. The zero-order valence-electron chi connectivity index (χ0n) is 18.6. The number of hydrogen-bond acceptors (Lipinski definition) is 4. The quantitative estimate of drug-likeness (QED) is 0.307. The van der Waals surface area contributed by atoms with Gasteiger partial charge in [0.2, 0.25) is 0 Å². The van der Waals surface area contributed by atoms with Crippen LogP contribution in [-0.4, -0.2) is 11.9 Å². The molecule has 1 saturated carbocycles. The molecule has 0 saturated heterocycles. The van der Waals surface area contributed by atoms with E-state index in [0.717, 1.165) is 42.7 Å². The van der Waals surface area contributed by atoms with Gasteiger partial charge in [-0.25, -0.2) is 9.18 Å². The van der Waals surface area contributed by atoms with E-state index in [1.807, 2.05) is 24.3 Å². The molecule has 170 valence electrons. The summed E-state index contributed by atoms with van der Waals surface area (Å²) in [5, 5.41) is 0. The number of hydrogen-bond donors (Lipinski definition) is 0. The molecule has 1 aliphatic carbocycles. The topological polar surface area (TPSA) is 52.6 Å². The highest BCUT2D eigenvalue weighted by molar-refractivity contribution is 5.91. The minimum atomic E-state index is -0.511. The molecule has 0 bridgehead atoms. The van der Waals surface area contributed by atoms with Crippen molar-refractivity contribution < 1.29 is 23.5 Å². The lowest BCUT2D eigenvalue weighted by atomic mass is 9.81. The van der Waals surface area contributed by atoms with Crippen LogP contribution in [0.1, 0.15) is 49.4 Å². The summed E-state index contributed by atoms with van der Waals surface area (Å²) in [6.07, 6.45) is 5.20. The first-order valence-electron chi connectivity index (χ1n) is 11.4. The summed E-state index contributed by atoms with van der Waals surface area (Å²) < 4.78 is 23.9. The van der Waals surface area contributed by atoms with E-state index in [0.29, 0.717) is 11.3 Å². The fourth-order valence-electron chi connectivity index (χ4n) is 4.19. The molecule has 3 aromatic rings. The van der Waals surface area contributed by atoms with E-state index in [2.05, 4.69) is 6.92 Å². The predicted octanol–water partition coefficient (Wildman–Crippen LogP) is 6.83. The van der Waals surface area contributed by atoms with Crippen LogP contribution in [0.2, 0.25) is 0 Å². The van der Waals surface area contributed by atoms with E-state index in [-0.39, 0.29) is 23.5 Å². The standard InChI is InChI=1S/C28H27FO4/c1-2-19-3-5-22(6-4-19)27(30)32-25-15-11-21(12-16-25)20-7-9-23(10-8-20)28(31)33-26-17-13-24(29)14-18-26/h7-19,22H,2-6H2,1H3. The molecule has 3 aromatic carbocycles. The number of rotatable bonds is 6. The monoisotopic (exact) mass is 446 g/mol. The van der Waals surface area contributed by atoms with Gasteiger partial charge in [0.15, 0.2) is 0 Å². The van der Waals surface area contributed by atoms with Crippen LogP contribution < -0.4 is 9.47 Å². The van der Waals surface area contributed by atoms with Gasteiger partial charge < -0.3 is 9.47 Å². The number of halogens is 1. The summed E-state index contributed by atoms with van der Waals surface area (Å²) in [4.78, 5) is 24.8. The molecule has 0 heterocycles. The number of ether oxygens (including phenoxy) is 2. The summed E-state index contributed by atoms with van der Waals surface area (Å²) in [6.45, 7) is 2.21. The minimum Gasteiger partial charge on any atom is -0.426 e. The van der Waals surface area contributed by atoms with Gasteiger partial charge >= 0.3 is 11.9 Å². The van der Waals surface area contributed by atoms with Crippen LogP contribution in [0.25, 0.3) is 11.1 Å². The van der Waals surface area contributed by atoms with Gasteiger partial charge in [-0.1, -0.05) is 37.6 Å². The van der Waals surface area contributed by atoms with Gasteiger partial charge in [-0.15, -0.1) is 0 Å². The second-order valence-electron chi connectivity index (χ2n) is 8.49. The number of benzene rings is 3. The molecule has 1 aliphatic rings. The highest BCUT2D eigenvalue weighted by Crippen LogP contribution is 2.32. The molecule has 0 aliphatic heterocycles. The van der Waals surface area contributed by atoms with Crippen LogP contribution in [0.15, 0.2) is 72.8 Å². The van der Waals surface area contributed by atoms with Gasteiger partial charge in [0.05, 0.1) is 11.5 Å². The van der Waals surface area contributed by atoms with Crippen LogP contribution in [0.3, 0.4) is 0 Å². The first kappa shape index (κ1) is 22.7.